The number of halogens is 3. The molecule has 3 aromatic heterocycles. The van der Waals surface area contributed by atoms with Crippen molar-refractivity contribution >= 4 is 5.91 Å². The van der Waals surface area contributed by atoms with Crippen molar-refractivity contribution in [1.29, 1.82) is 0 Å². The van der Waals surface area contributed by atoms with Crippen molar-refractivity contribution in [3.8, 4) is 16.9 Å². The number of nitrogens with zero attached hydrogens (tertiary/aromatic N) is 4. The molecule has 0 saturated heterocycles. The predicted octanol–water partition coefficient (Wildman–Crippen LogP) is 3.63. The molecule has 9 heteroatoms. The molecule has 6 nitrogen and oxygen atoms in total. The van der Waals surface area contributed by atoms with Gasteiger partial charge in [-0.1, -0.05) is 0 Å². The maximum atomic E-state index is 13.1. The van der Waals surface area contributed by atoms with Crippen molar-refractivity contribution < 1.29 is 18.0 Å². The molecule has 2 N–H and O–H groups in total. The van der Waals surface area contributed by atoms with Crippen LogP contribution >= 0.6 is 0 Å². The van der Waals surface area contributed by atoms with E-state index in [1.54, 1.807) is 25.1 Å². The average molecular weight is 387 g/mol. The molecule has 1 saturated carbocycles. The Kier molecular flexibility index (Phi) is 4.17. The first-order valence-electron chi connectivity index (χ1n) is 8.65. The molecule has 3 heterocycles. The molecule has 28 heavy (non-hydrogen) atoms. The summed E-state index contributed by atoms with van der Waals surface area (Å²) >= 11 is 0. The third-order valence-corrected chi connectivity index (χ3v) is 4.74. The Hall–Kier alpha value is -3.23. The number of hydrogen-bond acceptors (Lipinski definition) is 4. The number of aromatic nitrogens is 4. The summed E-state index contributed by atoms with van der Waals surface area (Å²) in [6, 6.07) is 6.16. The van der Waals surface area contributed by atoms with Crippen LogP contribution in [0.1, 0.15) is 46.2 Å². The first-order chi connectivity index (χ1) is 13.3. The molecule has 4 rings (SSSR count). The smallest absolute Gasteiger partial charge is 0.364 e. The highest BCUT2D eigenvalue weighted by Crippen LogP contribution is 2.42. The van der Waals surface area contributed by atoms with Crippen molar-refractivity contribution in [3.05, 3.63) is 59.3 Å². The van der Waals surface area contributed by atoms with Gasteiger partial charge in [-0.15, -0.1) is 0 Å². The summed E-state index contributed by atoms with van der Waals surface area (Å²) in [6.07, 6.45) is 0.188. The first kappa shape index (κ1) is 18.1. The summed E-state index contributed by atoms with van der Waals surface area (Å²) in [4.78, 5) is 19.8. The van der Waals surface area contributed by atoms with Crippen LogP contribution in [0, 0.1) is 6.92 Å². The highest BCUT2D eigenvalue weighted by atomic mass is 19.4. The Bertz CT molecular complexity index is 1050. The largest absolute Gasteiger partial charge is 0.435 e. The van der Waals surface area contributed by atoms with E-state index in [0.717, 1.165) is 24.5 Å². The van der Waals surface area contributed by atoms with Gasteiger partial charge in [-0.3, -0.25) is 9.78 Å². The van der Waals surface area contributed by atoms with Crippen LogP contribution < -0.4 is 5.73 Å². The second-order valence-electron chi connectivity index (χ2n) is 6.74. The van der Waals surface area contributed by atoms with Gasteiger partial charge in [-0.05, 0) is 55.2 Å². The molecular weight excluding hydrogens is 371 g/mol. The van der Waals surface area contributed by atoms with E-state index in [1.165, 1.54) is 17.1 Å². The molecule has 0 unspecified atom stereocenters. The first-order valence-corrected chi connectivity index (χ1v) is 8.65. The van der Waals surface area contributed by atoms with Gasteiger partial charge < -0.3 is 5.73 Å². The third kappa shape index (κ3) is 3.23. The van der Waals surface area contributed by atoms with Crippen LogP contribution in [0.15, 0.2) is 36.7 Å². The number of carbonyl (C=O) groups excluding carboxylic acids is 1. The lowest BCUT2D eigenvalue weighted by Crippen LogP contribution is -2.15. The Morgan fingerprint density at radius 2 is 1.96 bits per heavy atom. The van der Waals surface area contributed by atoms with Gasteiger partial charge in [0.05, 0.1) is 0 Å². The van der Waals surface area contributed by atoms with Gasteiger partial charge in [0.15, 0.2) is 11.5 Å². The van der Waals surface area contributed by atoms with Crippen molar-refractivity contribution in [2.24, 2.45) is 5.73 Å². The molecule has 1 aliphatic carbocycles. The fourth-order valence-electron chi connectivity index (χ4n) is 3.16. The van der Waals surface area contributed by atoms with Gasteiger partial charge in [0.1, 0.15) is 5.69 Å². The Labute approximate surface area is 158 Å². The maximum Gasteiger partial charge on any atom is 0.435 e. The lowest BCUT2D eigenvalue weighted by atomic mass is 10.0. The van der Waals surface area contributed by atoms with Gasteiger partial charge in [-0.2, -0.15) is 18.3 Å². The van der Waals surface area contributed by atoms with Crippen LogP contribution in [0.2, 0.25) is 0 Å². The second-order valence-corrected chi connectivity index (χ2v) is 6.74. The van der Waals surface area contributed by atoms with Gasteiger partial charge in [-0.25, -0.2) is 9.67 Å². The van der Waals surface area contributed by atoms with Crippen LogP contribution in [-0.2, 0) is 6.18 Å². The van der Waals surface area contributed by atoms with E-state index in [9.17, 15) is 18.0 Å². The lowest BCUT2D eigenvalue weighted by molar-refractivity contribution is -0.141. The maximum absolute atomic E-state index is 13.1. The molecular formula is C19H16F3N5O. The summed E-state index contributed by atoms with van der Waals surface area (Å²) in [5.41, 5.74) is 7.13. The number of nitrogens with two attached hydrogens (primary N) is 1. The third-order valence-electron chi connectivity index (χ3n) is 4.74. The zero-order valence-corrected chi connectivity index (χ0v) is 14.9. The normalized spacial score (nSPS) is 14.3. The fraction of sp³-hybridized carbons (Fsp3) is 0.263. The van der Waals surface area contributed by atoms with E-state index in [2.05, 4.69) is 15.1 Å². The standard InChI is InChI=1S/C19H16F3N5O/c1-10-13(6-7-24-17(10)18(23)28)12-4-5-16(25-9-12)27-14(11-2-3-11)8-15(26-27)19(20,21)22/h4-9,11H,2-3H2,1H3,(H2,23,28). The molecule has 0 atom stereocenters. The monoisotopic (exact) mass is 387 g/mol. The van der Waals surface area contributed by atoms with Crippen LogP contribution in [-0.4, -0.2) is 25.7 Å². The molecule has 0 aromatic carbocycles. The Morgan fingerprint density at radius 3 is 2.54 bits per heavy atom. The van der Waals surface area contributed by atoms with Crippen molar-refractivity contribution in [2.45, 2.75) is 31.9 Å². The number of hydrogen-bond donors (Lipinski definition) is 1. The van der Waals surface area contributed by atoms with E-state index in [1.807, 2.05) is 0 Å². The molecule has 0 spiro atoms. The molecule has 0 aliphatic heterocycles. The average Bonchev–Trinajstić information content (AvgIpc) is 3.39. The highest BCUT2D eigenvalue weighted by Gasteiger charge is 2.38. The molecule has 144 valence electrons. The topological polar surface area (TPSA) is 86.7 Å². The summed E-state index contributed by atoms with van der Waals surface area (Å²) < 4.78 is 40.5. The quantitative estimate of drug-likeness (QED) is 0.741. The molecule has 0 bridgehead atoms. The van der Waals surface area contributed by atoms with E-state index in [4.69, 9.17) is 5.73 Å². The fourth-order valence-corrected chi connectivity index (χ4v) is 3.16. The summed E-state index contributed by atoms with van der Waals surface area (Å²) in [6.45, 7) is 1.73. The van der Waals surface area contributed by atoms with Crippen LogP contribution in [0.3, 0.4) is 0 Å². The molecule has 3 aromatic rings. The van der Waals surface area contributed by atoms with Gasteiger partial charge in [0, 0.05) is 29.6 Å². The number of carbonyl (C=O) groups is 1. The van der Waals surface area contributed by atoms with E-state index in [0.29, 0.717) is 22.6 Å². The number of alkyl halides is 3. The summed E-state index contributed by atoms with van der Waals surface area (Å²) in [5.74, 6) is -0.247. The van der Waals surface area contributed by atoms with Crippen molar-refractivity contribution in [3.63, 3.8) is 0 Å². The zero-order chi connectivity index (χ0) is 20.1. The zero-order valence-electron chi connectivity index (χ0n) is 14.9. The van der Waals surface area contributed by atoms with Crippen LogP contribution in [0.25, 0.3) is 16.9 Å². The number of pyridine rings is 2. The summed E-state index contributed by atoms with van der Waals surface area (Å²) in [5, 5.41) is 3.73. The minimum atomic E-state index is -4.51. The number of primary amides is 1. The highest BCUT2D eigenvalue weighted by molar-refractivity contribution is 5.94. The minimum absolute atomic E-state index is 0.0747. The van der Waals surface area contributed by atoms with E-state index in [-0.39, 0.29) is 11.6 Å². The van der Waals surface area contributed by atoms with Gasteiger partial charge >= 0.3 is 6.18 Å². The minimum Gasteiger partial charge on any atom is -0.364 e. The van der Waals surface area contributed by atoms with Crippen molar-refractivity contribution in [1.82, 2.24) is 19.7 Å². The molecule has 1 fully saturated rings. The molecule has 0 radical (unpaired) electrons. The SMILES string of the molecule is Cc1c(-c2ccc(-n3nc(C(F)(F)F)cc3C3CC3)nc2)ccnc1C(N)=O. The number of rotatable bonds is 4. The molecule has 1 amide bonds. The Balaban J connectivity index is 1.73. The number of amides is 1. The molecule has 1 aliphatic rings. The van der Waals surface area contributed by atoms with E-state index >= 15 is 0 Å². The Morgan fingerprint density at radius 1 is 1.21 bits per heavy atom. The second kappa shape index (κ2) is 6.43. The van der Waals surface area contributed by atoms with E-state index < -0.39 is 17.8 Å². The van der Waals surface area contributed by atoms with Crippen LogP contribution in [0.4, 0.5) is 13.2 Å². The van der Waals surface area contributed by atoms with Crippen molar-refractivity contribution in [2.75, 3.05) is 0 Å². The predicted molar refractivity (Wildman–Crippen MR) is 94.8 cm³/mol. The summed E-state index contributed by atoms with van der Waals surface area (Å²) in [7, 11) is 0. The lowest BCUT2D eigenvalue weighted by Gasteiger charge is -2.10. The van der Waals surface area contributed by atoms with Gasteiger partial charge in [0.2, 0.25) is 0 Å². The van der Waals surface area contributed by atoms with Crippen LogP contribution in [0.5, 0.6) is 0 Å². The van der Waals surface area contributed by atoms with Gasteiger partial charge in [0.25, 0.3) is 5.91 Å².